The van der Waals surface area contributed by atoms with Crippen molar-refractivity contribution in [3.63, 3.8) is 0 Å². The van der Waals surface area contributed by atoms with E-state index in [2.05, 4.69) is 334 Å². The van der Waals surface area contributed by atoms with Crippen LogP contribution >= 0.6 is 0 Å². The number of fused-ring (bicyclic) bond motifs is 12. The zero-order valence-electron chi connectivity index (χ0n) is 47.7. The van der Waals surface area contributed by atoms with E-state index in [0.29, 0.717) is 5.95 Å². The largest absolute Gasteiger partial charge is 0.309 e. The van der Waals surface area contributed by atoms with Crippen LogP contribution in [0.3, 0.4) is 0 Å². The molecule has 18 aromatic rings. The van der Waals surface area contributed by atoms with Crippen LogP contribution in [0.4, 0.5) is 0 Å². The second kappa shape index (κ2) is 19.9. The first-order valence-electron chi connectivity index (χ1n) is 30.0. The van der Waals surface area contributed by atoms with Gasteiger partial charge in [-0.25, -0.2) is 9.97 Å². The molecule has 0 aliphatic rings. The highest BCUT2D eigenvalue weighted by molar-refractivity contribution is 6.14. The van der Waals surface area contributed by atoms with Gasteiger partial charge in [-0.3, -0.25) is 4.57 Å². The minimum absolute atomic E-state index is 0.591. The number of nitrogens with zero attached hydrogens (tertiary/aromatic N) is 6. The van der Waals surface area contributed by atoms with Gasteiger partial charge in [-0.1, -0.05) is 224 Å². The van der Waals surface area contributed by atoms with Crippen LogP contribution in [-0.2, 0) is 0 Å². The molecule has 0 N–H and O–H groups in total. The lowest BCUT2D eigenvalue weighted by atomic mass is 9.97. The van der Waals surface area contributed by atoms with Gasteiger partial charge in [0.05, 0.1) is 55.5 Å². The van der Waals surface area contributed by atoms with Gasteiger partial charge in [-0.15, -0.1) is 0 Å². The van der Waals surface area contributed by atoms with E-state index in [1.807, 2.05) is 0 Å². The summed E-state index contributed by atoms with van der Waals surface area (Å²) in [5, 5.41) is 9.58. The van der Waals surface area contributed by atoms with Crippen molar-refractivity contribution in [2.75, 3.05) is 0 Å². The average Bonchev–Trinajstić information content (AvgIpc) is 1.94. The van der Waals surface area contributed by atoms with Crippen LogP contribution in [0.15, 0.2) is 315 Å². The Bertz CT molecular complexity index is 5810. The minimum Gasteiger partial charge on any atom is -0.309 e. The molecule has 0 saturated carbocycles. The molecule has 0 bridgehead atoms. The Hall–Kier alpha value is -11.9. The summed E-state index contributed by atoms with van der Waals surface area (Å²) in [7, 11) is 0. The van der Waals surface area contributed by atoms with Crippen LogP contribution in [-0.4, -0.2) is 28.2 Å². The van der Waals surface area contributed by atoms with Crippen LogP contribution in [0.5, 0.6) is 0 Å². The van der Waals surface area contributed by atoms with E-state index in [1.165, 1.54) is 48.9 Å². The quantitative estimate of drug-likeness (QED) is 0.145. The molecule has 410 valence electrons. The third-order valence-corrected chi connectivity index (χ3v) is 18.0. The van der Waals surface area contributed by atoms with Gasteiger partial charge < -0.3 is 13.7 Å². The summed E-state index contributed by atoms with van der Waals surface area (Å²) in [5.74, 6) is 0.591. The molecular weight excluding hydrogens is 1070 g/mol. The highest BCUT2D eigenvalue weighted by Crippen LogP contribution is 2.42. The minimum atomic E-state index is 0.591. The molecule has 0 atom stereocenters. The van der Waals surface area contributed by atoms with Crippen LogP contribution in [0, 0.1) is 0 Å². The van der Waals surface area contributed by atoms with Crippen molar-refractivity contribution in [2.45, 2.75) is 0 Å². The molecule has 0 saturated heterocycles. The van der Waals surface area contributed by atoms with E-state index in [9.17, 15) is 0 Å². The molecule has 5 heterocycles. The Morgan fingerprint density at radius 3 is 0.977 bits per heavy atom. The maximum atomic E-state index is 5.69. The van der Waals surface area contributed by atoms with Crippen molar-refractivity contribution in [1.82, 2.24) is 28.2 Å². The van der Waals surface area contributed by atoms with Crippen molar-refractivity contribution in [2.24, 2.45) is 0 Å². The lowest BCUT2D eigenvalue weighted by Crippen LogP contribution is -2.04. The number of rotatable bonds is 9. The third-order valence-electron chi connectivity index (χ3n) is 18.0. The normalized spacial score (nSPS) is 11.9. The Morgan fingerprint density at radius 2 is 0.511 bits per heavy atom. The standard InChI is InChI=1S/C82H52N6/c1-4-21-53(22-5-1)62-29-10-11-30-63(62)73-52-72(83-82(84-73)88-77-38-19-15-34-67(77)71-46-42-57(51-81(71)88)55-40-44-69-65-32-13-17-36-75(65)86(79(69)49-55)60-26-8-3-9-27-60)58-23-20-28-61(47-58)87-76-37-18-14-33-66(76)70-45-41-56(50-80(70)87)54-39-43-68-64-31-12-16-35-74(64)85(78(68)48-54)59-24-6-2-7-25-59/h1-52H. The smallest absolute Gasteiger partial charge is 0.235 e. The summed E-state index contributed by atoms with van der Waals surface area (Å²) in [6, 6.07) is 114. The monoisotopic (exact) mass is 1120 g/mol. The molecule has 18 rings (SSSR count). The maximum absolute atomic E-state index is 5.69. The van der Waals surface area contributed by atoms with Gasteiger partial charge in [0, 0.05) is 71.3 Å². The lowest BCUT2D eigenvalue weighted by Gasteiger charge is -2.15. The number of hydrogen-bond acceptors (Lipinski definition) is 2. The molecule has 0 aliphatic heterocycles. The van der Waals surface area contributed by atoms with E-state index >= 15 is 0 Å². The summed E-state index contributed by atoms with van der Waals surface area (Å²) in [5.41, 5.74) is 22.7. The van der Waals surface area contributed by atoms with Crippen LogP contribution in [0.25, 0.3) is 166 Å². The zero-order valence-corrected chi connectivity index (χ0v) is 47.7. The fourth-order valence-corrected chi connectivity index (χ4v) is 14.0. The number of hydrogen-bond donors (Lipinski definition) is 0. The van der Waals surface area contributed by atoms with Crippen LogP contribution < -0.4 is 0 Å². The molecule has 0 radical (unpaired) electrons. The summed E-state index contributed by atoms with van der Waals surface area (Å²) in [6.45, 7) is 0. The highest BCUT2D eigenvalue weighted by atomic mass is 15.2. The average molecular weight is 1120 g/mol. The van der Waals surface area contributed by atoms with Crippen molar-refractivity contribution in [3.05, 3.63) is 315 Å². The number of aromatic nitrogens is 6. The number of benzene rings is 13. The van der Waals surface area contributed by atoms with Crippen LogP contribution in [0.2, 0.25) is 0 Å². The summed E-state index contributed by atoms with van der Waals surface area (Å²) >= 11 is 0. The van der Waals surface area contributed by atoms with E-state index in [-0.39, 0.29) is 0 Å². The lowest BCUT2D eigenvalue weighted by molar-refractivity contribution is 0.995. The maximum Gasteiger partial charge on any atom is 0.235 e. The Balaban J connectivity index is 0.823. The molecule has 88 heavy (non-hydrogen) atoms. The van der Waals surface area contributed by atoms with Crippen molar-refractivity contribution in [1.29, 1.82) is 0 Å². The summed E-state index contributed by atoms with van der Waals surface area (Å²) in [4.78, 5) is 11.4. The van der Waals surface area contributed by atoms with Gasteiger partial charge >= 0.3 is 0 Å². The van der Waals surface area contributed by atoms with Gasteiger partial charge in [0.2, 0.25) is 5.95 Å². The fraction of sp³-hybridized carbons (Fsp3) is 0. The van der Waals surface area contributed by atoms with Gasteiger partial charge in [0.25, 0.3) is 0 Å². The fourth-order valence-electron chi connectivity index (χ4n) is 14.0. The molecule has 0 spiro atoms. The van der Waals surface area contributed by atoms with Crippen molar-refractivity contribution >= 4 is 87.2 Å². The van der Waals surface area contributed by atoms with E-state index in [1.54, 1.807) is 0 Å². The topological polar surface area (TPSA) is 45.5 Å². The molecule has 6 nitrogen and oxygen atoms in total. The molecule has 0 unspecified atom stereocenters. The molecule has 13 aromatic carbocycles. The van der Waals surface area contributed by atoms with Gasteiger partial charge in [0.1, 0.15) is 0 Å². The first-order chi connectivity index (χ1) is 43.6. The molecule has 5 aromatic heterocycles. The van der Waals surface area contributed by atoms with Gasteiger partial charge in [-0.2, -0.15) is 0 Å². The van der Waals surface area contributed by atoms with Crippen molar-refractivity contribution < 1.29 is 0 Å². The highest BCUT2D eigenvalue weighted by Gasteiger charge is 2.22. The predicted molar refractivity (Wildman–Crippen MR) is 367 cm³/mol. The molecule has 0 aliphatic carbocycles. The summed E-state index contributed by atoms with van der Waals surface area (Å²) < 4.78 is 9.49. The first kappa shape index (κ1) is 49.6. The van der Waals surface area contributed by atoms with E-state index in [0.717, 1.165) is 111 Å². The van der Waals surface area contributed by atoms with Gasteiger partial charge in [0.15, 0.2) is 0 Å². The Morgan fingerprint density at radius 1 is 0.182 bits per heavy atom. The zero-order chi connectivity index (χ0) is 57.8. The molecular formula is C82H52N6. The van der Waals surface area contributed by atoms with Crippen molar-refractivity contribution in [3.8, 4) is 78.9 Å². The Kier molecular flexibility index (Phi) is 11.2. The molecule has 6 heteroatoms. The van der Waals surface area contributed by atoms with E-state index < -0.39 is 0 Å². The second-order valence-electron chi connectivity index (χ2n) is 22.9. The summed E-state index contributed by atoms with van der Waals surface area (Å²) in [6.07, 6.45) is 0. The van der Waals surface area contributed by atoms with Crippen LogP contribution in [0.1, 0.15) is 0 Å². The third kappa shape index (κ3) is 7.82. The SMILES string of the molecule is c1ccc(-c2ccccc2-c2cc(-c3cccc(-n4c5ccccc5c5ccc(-c6ccc7c8ccccc8n(-c8ccccc8)c7c6)cc54)c3)nc(-n3c4ccccc4c4ccc(-c5ccc6c7ccccc7n(-c7ccccc7)c6c5)cc43)n2)cc1. The Labute approximate surface area is 507 Å². The van der Waals surface area contributed by atoms with E-state index in [4.69, 9.17) is 9.97 Å². The van der Waals surface area contributed by atoms with Gasteiger partial charge in [-0.05, 0) is 124 Å². The number of para-hydroxylation sites is 6. The molecule has 0 fully saturated rings. The second-order valence-corrected chi connectivity index (χ2v) is 22.9. The molecule has 0 amide bonds. The first-order valence-corrected chi connectivity index (χ1v) is 30.0. The predicted octanol–water partition coefficient (Wildman–Crippen LogP) is 21.2.